The van der Waals surface area contributed by atoms with Crippen LogP contribution in [0.1, 0.15) is 16.1 Å². The maximum Gasteiger partial charge on any atom is 0.338 e. The topological polar surface area (TPSA) is 77.5 Å². The minimum atomic E-state index is -0.591. The molecule has 22 heavy (non-hydrogen) atoms. The molecule has 0 atom stereocenters. The summed E-state index contributed by atoms with van der Waals surface area (Å²) in [5, 5.41) is 2.56. The standard InChI is InChI=1S/C16H16N2O4/c1-11-5-3-8-14(17-11)18-15(19)10-22-16(20)12-6-4-7-13(9-12)21-2/h3-9H,10H2,1-2H3,(H,17,18,19). The Hall–Kier alpha value is -2.89. The van der Waals surface area contributed by atoms with Crippen molar-refractivity contribution >= 4 is 17.7 Å². The molecule has 0 saturated carbocycles. The number of methoxy groups -OCH3 is 1. The van der Waals surface area contributed by atoms with Gasteiger partial charge in [0.05, 0.1) is 12.7 Å². The van der Waals surface area contributed by atoms with Crippen LogP contribution in [0, 0.1) is 6.92 Å². The van der Waals surface area contributed by atoms with Gasteiger partial charge < -0.3 is 14.8 Å². The summed E-state index contributed by atoms with van der Waals surface area (Å²) in [6.45, 7) is 1.43. The zero-order valence-electron chi connectivity index (χ0n) is 12.3. The fourth-order valence-corrected chi connectivity index (χ4v) is 1.76. The maximum atomic E-state index is 11.9. The summed E-state index contributed by atoms with van der Waals surface area (Å²) >= 11 is 0. The summed E-state index contributed by atoms with van der Waals surface area (Å²) in [7, 11) is 1.51. The van der Waals surface area contributed by atoms with Crippen LogP contribution in [0.5, 0.6) is 5.75 Å². The number of hydrogen-bond donors (Lipinski definition) is 1. The molecule has 0 aliphatic rings. The van der Waals surface area contributed by atoms with Gasteiger partial charge >= 0.3 is 5.97 Å². The fourth-order valence-electron chi connectivity index (χ4n) is 1.76. The van der Waals surface area contributed by atoms with Gasteiger partial charge in [-0.2, -0.15) is 0 Å². The Bertz CT molecular complexity index is 685. The predicted octanol–water partition coefficient (Wildman–Crippen LogP) is 2.19. The number of nitrogens with zero attached hydrogens (tertiary/aromatic N) is 1. The number of ether oxygens (including phenoxy) is 2. The van der Waals surface area contributed by atoms with E-state index in [1.807, 2.05) is 13.0 Å². The Morgan fingerprint density at radius 3 is 2.68 bits per heavy atom. The summed E-state index contributed by atoms with van der Waals surface area (Å²) in [6.07, 6.45) is 0. The third kappa shape index (κ3) is 4.31. The first kappa shape index (κ1) is 15.5. The average molecular weight is 300 g/mol. The van der Waals surface area contributed by atoms with Crippen molar-refractivity contribution in [2.45, 2.75) is 6.92 Å². The van der Waals surface area contributed by atoms with E-state index < -0.39 is 11.9 Å². The number of aryl methyl sites for hydroxylation is 1. The van der Waals surface area contributed by atoms with Crippen molar-refractivity contribution in [1.82, 2.24) is 4.98 Å². The SMILES string of the molecule is COc1cccc(C(=O)OCC(=O)Nc2cccc(C)n2)c1. The number of aromatic nitrogens is 1. The highest BCUT2D eigenvalue weighted by Crippen LogP contribution is 2.13. The molecule has 0 aliphatic carbocycles. The number of anilines is 1. The molecule has 2 rings (SSSR count). The predicted molar refractivity (Wildman–Crippen MR) is 80.9 cm³/mol. The Balaban J connectivity index is 1.89. The summed E-state index contributed by atoms with van der Waals surface area (Å²) in [5.74, 6) is -0.0779. The average Bonchev–Trinajstić information content (AvgIpc) is 2.52. The quantitative estimate of drug-likeness (QED) is 0.856. The number of carbonyl (C=O) groups is 2. The van der Waals surface area contributed by atoms with Crippen LogP contribution < -0.4 is 10.1 Å². The van der Waals surface area contributed by atoms with Gasteiger partial charge in [-0.15, -0.1) is 0 Å². The number of benzene rings is 1. The number of carbonyl (C=O) groups excluding carboxylic acids is 2. The number of hydrogen-bond acceptors (Lipinski definition) is 5. The van der Waals surface area contributed by atoms with Crippen LogP contribution in [-0.2, 0) is 9.53 Å². The summed E-state index contributed by atoms with van der Waals surface area (Å²) in [5.41, 5.74) is 1.10. The van der Waals surface area contributed by atoms with E-state index >= 15 is 0 Å². The largest absolute Gasteiger partial charge is 0.497 e. The van der Waals surface area contributed by atoms with Crippen molar-refractivity contribution in [3.63, 3.8) is 0 Å². The van der Waals surface area contributed by atoms with Crippen molar-refractivity contribution in [2.75, 3.05) is 19.0 Å². The molecule has 0 fully saturated rings. The Morgan fingerprint density at radius 1 is 1.18 bits per heavy atom. The summed E-state index contributed by atoms with van der Waals surface area (Å²) < 4.78 is 9.98. The lowest BCUT2D eigenvalue weighted by Crippen LogP contribution is -2.21. The van der Waals surface area contributed by atoms with E-state index in [-0.39, 0.29) is 6.61 Å². The molecule has 0 bridgehead atoms. The van der Waals surface area contributed by atoms with Gasteiger partial charge in [0.15, 0.2) is 6.61 Å². The molecule has 6 nitrogen and oxygen atoms in total. The number of pyridine rings is 1. The Kier molecular flexibility index (Phi) is 5.08. The van der Waals surface area contributed by atoms with E-state index in [9.17, 15) is 9.59 Å². The highest BCUT2D eigenvalue weighted by molar-refractivity contribution is 5.95. The van der Waals surface area contributed by atoms with Crippen molar-refractivity contribution < 1.29 is 19.1 Å². The minimum absolute atomic E-state index is 0.320. The maximum absolute atomic E-state index is 11.9. The third-order valence-electron chi connectivity index (χ3n) is 2.80. The van der Waals surface area contributed by atoms with E-state index in [2.05, 4.69) is 10.3 Å². The zero-order chi connectivity index (χ0) is 15.9. The van der Waals surface area contributed by atoms with Gasteiger partial charge in [0.25, 0.3) is 5.91 Å². The van der Waals surface area contributed by atoms with E-state index in [0.29, 0.717) is 17.1 Å². The van der Waals surface area contributed by atoms with Gasteiger partial charge in [0.1, 0.15) is 11.6 Å². The number of nitrogens with one attached hydrogen (secondary N) is 1. The van der Waals surface area contributed by atoms with Crippen molar-refractivity contribution in [3.05, 3.63) is 53.7 Å². The second-order valence-corrected chi connectivity index (χ2v) is 4.52. The molecule has 0 unspecified atom stereocenters. The van der Waals surface area contributed by atoms with E-state index in [0.717, 1.165) is 5.69 Å². The molecular formula is C16H16N2O4. The Labute approximate surface area is 128 Å². The van der Waals surface area contributed by atoms with E-state index in [1.54, 1.807) is 36.4 Å². The van der Waals surface area contributed by atoms with Gasteiger partial charge in [0, 0.05) is 5.69 Å². The van der Waals surface area contributed by atoms with Crippen LogP contribution in [0.25, 0.3) is 0 Å². The molecular weight excluding hydrogens is 284 g/mol. The van der Waals surface area contributed by atoms with Crippen LogP contribution in [0.4, 0.5) is 5.82 Å². The highest BCUT2D eigenvalue weighted by atomic mass is 16.5. The fraction of sp³-hybridized carbons (Fsp3) is 0.188. The zero-order valence-corrected chi connectivity index (χ0v) is 12.3. The van der Waals surface area contributed by atoms with Crippen LogP contribution in [0.15, 0.2) is 42.5 Å². The van der Waals surface area contributed by atoms with Crippen molar-refractivity contribution in [2.24, 2.45) is 0 Å². The lowest BCUT2D eigenvalue weighted by Gasteiger charge is -2.07. The second kappa shape index (κ2) is 7.21. The van der Waals surface area contributed by atoms with Gasteiger partial charge in [-0.25, -0.2) is 9.78 Å². The van der Waals surface area contributed by atoms with Crippen LogP contribution in [0.3, 0.4) is 0 Å². The molecule has 0 saturated heterocycles. The third-order valence-corrected chi connectivity index (χ3v) is 2.80. The first-order valence-electron chi connectivity index (χ1n) is 6.63. The lowest BCUT2D eigenvalue weighted by atomic mass is 10.2. The first-order valence-corrected chi connectivity index (χ1v) is 6.63. The first-order chi connectivity index (χ1) is 10.6. The Morgan fingerprint density at radius 2 is 1.95 bits per heavy atom. The van der Waals surface area contributed by atoms with Crippen LogP contribution in [-0.4, -0.2) is 30.6 Å². The number of rotatable bonds is 5. The molecule has 1 aromatic heterocycles. The molecule has 114 valence electrons. The lowest BCUT2D eigenvalue weighted by molar-refractivity contribution is -0.119. The van der Waals surface area contributed by atoms with Gasteiger partial charge in [-0.1, -0.05) is 12.1 Å². The van der Waals surface area contributed by atoms with Crippen LogP contribution in [0.2, 0.25) is 0 Å². The smallest absolute Gasteiger partial charge is 0.338 e. The van der Waals surface area contributed by atoms with Gasteiger partial charge in [0.2, 0.25) is 0 Å². The molecule has 0 aliphatic heterocycles. The molecule has 1 N–H and O–H groups in total. The molecule has 0 spiro atoms. The van der Waals surface area contributed by atoms with Gasteiger partial charge in [-0.05, 0) is 37.3 Å². The molecule has 1 heterocycles. The van der Waals surface area contributed by atoms with E-state index in [1.165, 1.54) is 7.11 Å². The van der Waals surface area contributed by atoms with Crippen LogP contribution >= 0.6 is 0 Å². The molecule has 1 aromatic carbocycles. The molecule has 6 heteroatoms. The monoisotopic (exact) mass is 300 g/mol. The summed E-state index contributed by atoms with van der Waals surface area (Å²) in [4.78, 5) is 27.7. The summed E-state index contributed by atoms with van der Waals surface area (Å²) in [6, 6.07) is 11.8. The molecule has 1 amide bonds. The number of amides is 1. The molecule has 0 radical (unpaired) electrons. The molecule has 2 aromatic rings. The van der Waals surface area contributed by atoms with Crippen molar-refractivity contribution in [3.8, 4) is 5.75 Å². The van der Waals surface area contributed by atoms with Crippen molar-refractivity contribution in [1.29, 1.82) is 0 Å². The van der Waals surface area contributed by atoms with Gasteiger partial charge in [-0.3, -0.25) is 4.79 Å². The van der Waals surface area contributed by atoms with E-state index in [4.69, 9.17) is 9.47 Å². The number of esters is 1. The second-order valence-electron chi connectivity index (χ2n) is 4.52. The minimum Gasteiger partial charge on any atom is -0.497 e. The highest BCUT2D eigenvalue weighted by Gasteiger charge is 2.11. The normalized spacial score (nSPS) is 9.91.